The van der Waals surface area contributed by atoms with E-state index in [1.807, 2.05) is 42.5 Å². The molecule has 0 saturated heterocycles. The van der Waals surface area contributed by atoms with E-state index in [0.717, 1.165) is 16.3 Å². The maximum absolute atomic E-state index is 11.2. The van der Waals surface area contributed by atoms with Gasteiger partial charge in [-0.25, -0.2) is 0 Å². The molecule has 3 rings (SSSR count). The van der Waals surface area contributed by atoms with Gasteiger partial charge in [0.1, 0.15) is 5.52 Å². The minimum Gasteiger partial charge on any atom is -0.324 e. The molecular formula is C14H11N3O. The first-order chi connectivity index (χ1) is 8.75. The summed E-state index contributed by atoms with van der Waals surface area (Å²) in [6.07, 6.45) is 0. The first-order valence-electron chi connectivity index (χ1n) is 5.67. The number of nitrogens with zero attached hydrogens (tertiary/aromatic N) is 2. The van der Waals surface area contributed by atoms with Gasteiger partial charge in [0.15, 0.2) is 0 Å². The molecule has 0 bridgehead atoms. The van der Waals surface area contributed by atoms with Crippen molar-refractivity contribution in [3.05, 3.63) is 42.5 Å². The van der Waals surface area contributed by atoms with Gasteiger partial charge < -0.3 is 5.32 Å². The van der Waals surface area contributed by atoms with E-state index in [-0.39, 0.29) is 5.91 Å². The van der Waals surface area contributed by atoms with Crippen molar-refractivity contribution >= 4 is 33.4 Å². The van der Waals surface area contributed by atoms with Crippen molar-refractivity contribution in [3.63, 3.8) is 0 Å². The van der Waals surface area contributed by atoms with E-state index in [9.17, 15) is 4.79 Å². The fraction of sp³-hybridized carbons (Fsp3) is 0.0714. The Morgan fingerprint density at radius 2 is 1.78 bits per heavy atom. The molecule has 4 heteroatoms. The molecule has 0 saturated carbocycles. The van der Waals surface area contributed by atoms with Gasteiger partial charge in [0.25, 0.3) is 0 Å². The summed E-state index contributed by atoms with van der Waals surface area (Å²) in [6.45, 7) is 1.48. The zero-order valence-electron chi connectivity index (χ0n) is 9.84. The summed E-state index contributed by atoms with van der Waals surface area (Å²) >= 11 is 0. The molecule has 0 fully saturated rings. The van der Waals surface area contributed by atoms with Gasteiger partial charge in [-0.1, -0.05) is 30.3 Å². The van der Waals surface area contributed by atoms with Crippen molar-refractivity contribution in [1.82, 2.24) is 10.2 Å². The molecule has 88 valence electrons. The molecule has 3 aromatic rings. The topological polar surface area (TPSA) is 54.9 Å². The Morgan fingerprint density at radius 3 is 2.61 bits per heavy atom. The number of hydrogen-bond donors (Lipinski definition) is 1. The minimum atomic E-state index is -0.113. The van der Waals surface area contributed by atoms with Crippen molar-refractivity contribution in [2.24, 2.45) is 0 Å². The van der Waals surface area contributed by atoms with Crippen LogP contribution in [0.25, 0.3) is 21.8 Å². The van der Waals surface area contributed by atoms with Crippen LogP contribution in [0.2, 0.25) is 0 Å². The van der Waals surface area contributed by atoms with E-state index >= 15 is 0 Å². The van der Waals surface area contributed by atoms with Gasteiger partial charge in [-0.15, -0.1) is 10.2 Å². The van der Waals surface area contributed by atoms with Gasteiger partial charge in [-0.05, 0) is 12.1 Å². The number of carbonyl (C=O) groups excluding carboxylic acids is 1. The highest BCUT2D eigenvalue weighted by Crippen LogP contribution is 2.26. The number of aromatic nitrogens is 2. The molecule has 4 nitrogen and oxygen atoms in total. The van der Waals surface area contributed by atoms with Gasteiger partial charge in [-0.3, -0.25) is 4.79 Å². The molecule has 0 aliphatic heterocycles. The molecule has 0 radical (unpaired) electrons. The molecule has 1 amide bonds. The van der Waals surface area contributed by atoms with Crippen molar-refractivity contribution < 1.29 is 4.79 Å². The number of anilines is 1. The van der Waals surface area contributed by atoms with E-state index in [4.69, 9.17) is 0 Å². The Labute approximate surface area is 104 Å². The largest absolute Gasteiger partial charge is 0.324 e. The standard InChI is InChI=1S/C14H11N3O/c1-9(18)15-13-8-4-6-11-10-5-2-3-7-12(10)16-17-14(11)13/h2-8H,1H3,(H,15,18). The normalized spacial score (nSPS) is 10.7. The van der Waals surface area contributed by atoms with Crippen LogP contribution < -0.4 is 5.32 Å². The second-order valence-electron chi connectivity index (χ2n) is 4.10. The molecule has 1 heterocycles. The maximum atomic E-state index is 11.2. The molecule has 0 unspecified atom stereocenters. The average Bonchev–Trinajstić information content (AvgIpc) is 2.38. The number of nitrogens with one attached hydrogen (secondary N) is 1. The van der Waals surface area contributed by atoms with Crippen LogP contribution in [0.4, 0.5) is 5.69 Å². The Balaban J connectivity index is 2.36. The third kappa shape index (κ3) is 1.68. The van der Waals surface area contributed by atoms with E-state index in [0.29, 0.717) is 11.2 Å². The summed E-state index contributed by atoms with van der Waals surface area (Å²) in [4.78, 5) is 11.2. The van der Waals surface area contributed by atoms with Gasteiger partial charge in [0, 0.05) is 17.7 Å². The first-order valence-corrected chi connectivity index (χ1v) is 5.67. The first kappa shape index (κ1) is 10.7. The highest BCUT2D eigenvalue weighted by Gasteiger charge is 2.07. The molecule has 1 aromatic heterocycles. The van der Waals surface area contributed by atoms with Crippen LogP contribution in [0.3, 0.4) is 0 Å². The fourth-order valence-corrected chi connectivity index (χ4v) is 2.05. The van der Waals surface area contributed by atoms with Crippen LogP contribution >= 0.6 is 0 Å². The summed E-state index contributed by atoms with van der Waals surface area (Å²) < 4.78 is 0. The van der Waals surface area contributed by atoms with E-state index in [1.54, 1.807) is 0 Å². The lowest BCUT2D eigenvalue weighted by Crippen LogP contribution is -2.06. The van der Waals surface area contributed by atoms with Gasteiger partial charge in [-0.2, -0.15) is 0 Å². The Hall–Kier alpha value is -2.49. The molecule has 0 spiro atoms. The second kappa shape index (κ2) is 4.07. The molecule has 0 atom stereocenters. The van der Waals surface area contributed by atoms with E-state index < -0.39 is 0 Å². The zero-order valence-corrected chi connectivity index (χ0v) is 9.84. The Morgan fingerprint density at radius 1 is 1.00 bits per heavy atom. The summed E-state index contributed by atoms with van der Waals surface area (Å²) in [5.74, 6) is -0.113. The number of hydrogen-bond acceptors (Lipinski definition) is 3. The Kier molecular flexibility index (Phi) is 2.41. The van der Waals surface area contributed by atoms with E-state index in [1.165, 1.54) is 6.92 Å². The molecule has 0 aliphatic rings. The molecule has 1 N–H and O–H groups in total. The van der Waals surface area contributed by atoms with Gasteiger partial charge in [0.2, 0.25) is 5.91 Å². The molecular weight excluding hydrogens is 226 g/mol. The van der Waals surface area contributed by atoms with Crippen molar-refractivity contribution in [2.75, 3.05) is 5.32 Å². The molecule has 18 heavy (non-hydrogen) atoms. The van der Waals surface area contributed by atoms with Crippen LogP contribution in [0.15, 0.2) is 42.5 Å². The lowest BCUT2D eigenvalue weighted by Gasteiger charge is -2.07. The fourth-order valence-electron chi connectivity index (χ4n) is 2.05. The number of amides is 1. The maximum Gasteiger partial charge on any atom is 0.221 e. The van der Waals surface area contributed by atoms with Crippen molar-refractivity contribution in [2.45, 2.75) is 6.92 Å². The van der Waals surface area contributed by atoms with Crippen molar-refractivity contribution in [1.29, 1.82) is 0 Å². The quantitative estimate of drug-likeness (QED) is 0.662. The second-order valence-corrected chi connectivity index (χ2v) is 4.10. The van der Waals surface area contributed by atoms with Gasteiger partial charge >= 0.3 is 0 Å². The third-order valence-electron chi connectivity index (χ3n) is 2.80. The Bertz CT molecular complexity index is 752. The highest BCUT2D eigenvalue weighted by atomic mass is 16.1. The lowest BCUT2D eigenvalue weighted by atomic mass is 10.1. The molecule has 0 aliphatic carbocycles. The predicted molar refractivity (Wildman–Crippen MR) is 71.3 cm³/mol. The minimum absolute atomic E-state index is 0.113. The smallest absolute Gasteiger partial charge is 0.221 e. The number of carbonyl (C=O) groups is 1. The number of rotatable bonds is 1. The van der Waals surface area contributed by atoms with Gasteiger partial charge in [0.05, 0.1) is 11.2 Å². The van der Waals surface area contributed by atoms with Crippen LogP contribution in [-0.2, 0) is 4.79 Å². The lowest BCUT2D eigenvalue weighted by molar-refractivity contribution is -0.114. The van der Waals surface area contributed by atoms with Crippen LogP contribution in [0.1, 0.15) is 6.92 Å². The zero-order chi connectivity index (χ0) is 12.5. The van der Waals surface area contributed by atoms with Crippen LogP contribution in [0.5, 0.6) is 0 Å². The monoisotopic (exact) mass is 237 g/mol. The van der Waals surface area contributed by atoms with Crippen molar-refractivity contribution in [3.8, 4) is 0 Å². The predicted octanol–water partition coefficient (Wildman–Crippen LogP) is 2.74. The highest BCUT2D eigenvalue weighted by molar-refractivity contribution is 6.09. The summed E-state index contributed by atoms with van der Waals surface area (Å²) in [7, 11) is 0. The average molecular weight is 237 g/mol. The van der Waals surface area contributed by atoms with Crippen LogP contribution in [0, 0.1) is 0 Å². The number of benzene rings is 2. The molecule has 2 aromatic carbocycles. The van der Waals surface area contributed by atoms with E-state index in [2.05, 4.69) is 15.5 Å². The summed E-state index contributed by atoms with van der Waals surface area (Å²) in [5.41, 5.74) is 2.26. The SMILES string of the molecule is CC(=O)Nc1cccc2c1nnc1ccccc12. The van der Waals surface area contributed by atoms with Crippen LogP contribution in [-0.4, -0.2) is 16.1 Å². The summed E-state index contributed by atoms with van der Waals surface area (Å²) in [6, 6.07) is 13.5. The third-order valence-corrected chi connectivity index (χ3v) is 2.80. The number of fused-ring (bicyclic) bond motifs is 3. The summed E-state index contributed by atoms with van der Waals surface area (Å²) in [5, 5.41) is 13.2.